The quantitative estimate of drug-likeness (QED) is 0.702. The van der Waals surface area contributed by atoms with E-state index in [4.69, 9.17) is 10.5 Å². The highest BCUT2D eigenvalue weighted by Gasteiger charge is 2.20. The van der Waals surface area contributed by atoms with Gasteiger partial charge in [-0.1, -0.05) is 11.6 Å². The van der Waals surface area contributed by atoms with Gasteiger partial charge in [-0.3, -0.25) is 9.69 Å². The predicted octanol–water partition coefficient (Wildman–Crippen LogP) is 0.653. The number of nitrogens with zero attached hydrogens (tertiary/aromatic N) is 1. The van der Waals surface area contributed by atoms with Crippen molar-refractivity contribution >= 4 is 5.91 Å². The van der Waals surface area contributed by atoms with Crippen molar-refractivity contribution in [2.75, 3.05) is 39.3 Å². The maximum absolute atomic E-state index is 11.9. The summed E-state index contributed by atoms with van der Waals surface area (Å²) < 4.78 is 5.49. The molecule has 1 amide bonds. The maximum atomic E-state index is 11.9. The topological polar surface area (TPSA) is 67.6 Å². The van der Waals surface area contributed by atoms with Crippen LogP contribution in [0.15, 0.2) is 11.6 Å². The van der Waals surface area contributed by atoms with Crippen LogP contribution < -0.4 is 11.1 Å². The second-order valence-electron chi connectivity index (χ2n) is 5.67. The molecule has 1 heterocycles. The number of hydrogen-bond acceptors (Lipinski definition) is 4. The molecule has 2 aliphatic rings. The lowest BCUT2D eigenvalue weighted by molar-refractivity contribution is -0.124. The highest BCUT2D eigenvalue weighted by atomic mass is 16.5. The summed E-state index contributed by atoms with van der Waals surface area (Å²) >= 11 is 0. The molecule has 5 heteroatoms. The van der Waals surface area contributed by atoms with Crippen LogP contribution in [0.5, 0.6) is 0 Å². The van der Waals surface area contributed by atoms with Gasteiger partial charge in [-0.15, -0.1) is 0 Å². The Balaban J connectivity index is 1.61. The Morgan fingerprint density at radius 2 is 2.40 bits per heavy atom. The average Bonchev–Trinajstić information content (AvgIpc) is 2.48. The van der Waals surface area contributed by atoms with E-state index in [9.17, 15) is 4.79 Å². The predicted molar refractivity (Wildman–Crippen MR) is 79.4 cm³/mol. The van der Waals surface area contributed by atoms with Crippen LogP contribution in [0.3, 0.4) is 0 Å². The molecule has 0 radical (unpaired) electrons. The van der Waals surface area contributed by atoms with E-state index in [1.807, 2.05) is 0 Å². The molecule has 0 bridgehead atoms. The van der Waals surface area contributed by atoms with E-state index in [1.165, 1.54) is 31.3 Å². The van der Waals surface area contributed by atoms with E-state index in [0.717, 1.165) is 26.1 Å². The van der Waals surface area contributed by atoms with E-state index >= 15 is 0 Å². The normalized spacial score (nSPS) is 24.2. The monoisotopic (exact) mass is 281 g/mol. The molecule has 114 valence electrons. The third kappa shape index (κ3) is 5.23. The molecular weight excluding hydrogens is 254 g/mol. The van der Waals surface area contributed by atoms with Crippen molar-refractivity contribution in [3.8, 4) is 0 Å². The lowest BCUT2D eigenvalue weighted by atomic mass is 9.97. The summed E-state index contributed by atoms with van der Waals surface area (Å²) in [6, 6.07) is 0. The Morgan fingerprint density at radius 1 is 1.50 bits per heavy atom. The van der Waals surface area contributed by atoms with Gasteiger partial charge >= 0.3 is 0 Å². The highest BCUT2D eigenvalue weighted by molar-refractivity contribution is 5.78. The van der Waals surface area contributed by atoms with Crippen molar-refractivity contribution in [1.29, 1.82) is 0 Å². The van der Waals surface area contributed by atoms with E-state index in [2.05, 4.69) is 16.3 Å². The van der Waals surface area contributed by atoms with Crippen molar-refractivity contribution in [1.82, 2.24) is 10.2 Å². The first-order chi connectivity index (χ1) is 9.78. The fourth-order valence-electron chi connectivity index (χ4n) is 2.82. The molecule has 1 aliphatic heterocycles. The highest BCUT2D eigenvalue weighted by Crippen LogP contribution is 2.19. The van der Waals surface area contributed by atoms with Crippen LogP contribution in [0.1, 0.15) is 32.1 Å². The van der Waals surface area contributed by atoms with Crippen LogP contribution in [0.4, 0.5) is 0 Å². The summed E-state index contributed by atoms with van der Waals surface area (Å²) in [7, 11) is 0. The van der Waals surface area contributed by atoms with Gasteiger partial charge in [-0.25, -0.2) is 0 Å². The number of nitrogens with two attached hydrogens (primary N) is 1. The molecule has 5 nitrogen and oxygen atoms in total. The summed E-state index contributed by atoms with van der Waals surface area (Å²) in [5.74, 6) is 0.110. The zero-order chi connectivity index (χ0) is 14.2. The lowest BCUT2D eigenvalue weighted by Gasteiger charge is -2.31. The molecule has 1 aliphatic carbocycles. The Morgan fingerprint density at radius 3 is 3.15 bits per heavy atom. The number of amides is 1. The third-order valence-corrected chi connectivity index (χ3v) is 4.01. The van der Waals surface area contributed by atoms with Crippen LogP contribution in [0.25, 0.3) is 0 Å². The van der Waals surface area contributed by atoms with Crippen molar-refractivity contribution in [2.24, 2.45) is 5.73 Å². The van der Waals surface area contributed by atoms with Gasteiger partial charge in [0.05, 0.1) is 19.3 Å². The Kier molecular flexibility index (Phi) is 6.50. The number of morpholine rings is 1. The second-order valence-corrected chi connectivity index (χ2v) is 5.67. The van der Waals surface area contributed by atoms with Crippen LogP contribution in [0, 0.1) is 0 Å². The Hall–Kier alpha value is -0.910. The van der Waals surface area contributed by atoms with Gasteiger partial charge < -0.3 is 15.8 Å². The zero-order valence-electron chi connectivity index (χ0n) is 12.3. The largest absolute Gasteiger partial charge is 0.374 e. The van der Waals surface area contributed by atoms with Gasteiger partial charge in [0.15, 0.2) is 0 Å². The van der Waals surface area contributed by atoms with Crippen molar-refractivity contribution in [2.45, 2.75) is 38.2 Å². The fraction of sp³-hybridized carbons (Fsp3) is 0.800. The Bertz CT molecular complexity index is 344. The number of carbonyl (C=O) groups is 1. The van der Waals surface area contributed by atoms with Gasteiger partial charge in [0.1, 0.15) is 0 Å². The van der Waals surface area contributed by atoms with Gasteiger partial charge in [-0.2, -0.15) is 0 Å². The summed E-state index contributed by atoms with van der Waals surface area (Å²) in [6.07, 6.45) is 8.44. The van der Waals surface area contributed by atoms with Crippen molar-refractivity contribution < 1.29 is 9.53 Å². The van der Waals surface area contributed by atoms with Gasteiger partial charge in [-0.05, 0) is 32.1 Å². The summed E-state index contributed by atoms with van der Waals surface area (Å²) in [5.41, 5.74) is 7.11. The van der Waals surface area contributed by atoms with Crippen LogP contribution in [-0.4, -0.2) is 56.2 Å². The molecule has 0 aromatic rings. The molecule has 3 N–H and O–H groups in total. The van der Waals surface area contributed by atoms with Crippen molar-refractivity contribution in [3.63, 3.8) is 0 Å². The number of nitrogens with one attached hydrogen (secondary N) is 1. The lowest BCUT2D eigenvalue weighted by Crippen LogP contribution is -2.49. The molecule has 0 spiro atoms. The molecule has 0 aromatic carbocycles. The van der Waals surface area contributed by atoms with E-state index in [1.54, 1.807) is 0 Å². The summed E-state index contributed by atoms with van der Waals surface area (Å²) in [5, 5.41) is 3.02. The third-order valence-electron chi connectivity index (χ3n) is 4.01. The molecule has 2 rings (SSSR count). The minimum atomic E-state index is 0.0731. The van der Waals surface area contributed by atoms with E-state index < -0.39 is 0 Å². The Labute approximate surface area is 121 Å². The molecule has 20 heavy (non-hydrogen) atoms. The SMILES string of the molecule is NCC1CN(CC(=O)NCCC2=CCCCC2)CCO1. The first-order valence-corrected chi connectivity index (χ1v) is 7.76. The zero-order valence-corrected chi connectivity index (χ0v) is 12.3. The van der Waals surface area contributed by atoms with Crippen LogP contribution in [0.2, 0.25) is 0 Å². The molecule has 1 saturated heterocycles. The standard InChI is InChI=1S/C15H27N3O2/c16-10-14-11-18(8-9-20-14)12-15(19)17-7-6-13-4-2-1-3-5-13/h4,14H,1-3,5-12,16H2,(H,17,19). The first-order valence-electron chi connectivity index (χ1n) is 7.76. The van der Waals surface area contributed by atoms with Crippen LogP contribution >= 0.6 is 0 Å². The molecule has 1 atom stereocenters. The minimum absolute atomic E-state index is 0.0731. The second kappa shape index (κ2) is 8.39. The number of ether oxygens (including phenoxy) is 1. The smallest absolute Gasteiger partial charge is 0.234 e. The molecule has 0 aromatic heterocycles. The number of carbonyl (C=O) groups excluding carboxylic acids is 1. The number of hydrogen-bond donors (Lipinski definition) is 2. The first kappa shape index (κ1) is 15.5. The van der Waals surface area contributed by atoms with Gasteiger partial charge in [0.25, 0.3) is 0 Å². The summed E-state index contributed by atoms with van der Waals surface area (Å²) in [6.45, 7) is 3.98. The van der Waals surface area contributed by atoms with Crippen molar-refractivity contribution in [3.05, 3.63) is 11.6 Å². The molecule has 1 unspecified atom stereocenters. The van der Waals surface area contributed by atoms with Crippen LogP contribution in [-0.2, 0) is 9.53 Å². The summed E-state index contributed by atoms with van der Waals surface area (Å²) in [4.78, 5) is 14.0. The average molecular weight is 281 g/mol. The fourth-order valence-corrected chi connectivity index (χ4v) is 2.82. The molecule has 1 fully saturated rings. The minimum Gasteiger partial charge on any atom is -0.374 e. The van der Waals surface area contributed by atoms with E-state index in [-0.39, 0.29) is 12.0 Å². The molecular formula is C15H27N3O2. The number of allylic oxidation sites excluding steroid dienone is 1. The van der Waals surface area contributed by atoms with Gasteiger partial charge in [0.2, 0.25) is 5.91 Å². The number of rotatable bonds is 6. The molecule has 0 saturated carbocycles. The van der Waals surface area contributed by atoms with Gasteiger partial charge in [0, 0.05) is 26.2 Å². The van der Waals surface area contributed by atoms with E-state index in [0.29, 0.717) is 19.7 Å². The maximum Gasteiger partial charge on any atom is 0.234 e.